The van der Waals surface area contributed by atoms with Gasteiger partial charge in [-0.05, 0) is 38.0 Å². The maximum Gasteiger partial charge on any atom is 0.362 e. The van der Waals surface area contributed by atoms with Crippen molar-refractivity contribution in [2.24, 2.45) is 0 Å². The molecule has 1 saturated carbocycles. The van der Waals surface area contributed by atoms with E-state index in [1.54, 1.807) is 6.92 Å². The van der Waals surface area contributed by atoms with Crippen LogP contribution in [0.15, 0.2) is 23.1 Å². The SMILES string of the molecule is CCOC(=O)c1nnsc1NC(=O)c1ccc2c(c1)S(=O)(=O)N(C1CC1)C2=O. The third-order valence-corrected chi connectivity index (χ3v) is 6.79. The number of rotatable bonds is 5. The molecule has 1 aromatic carbocycles. The van der Waals surface area contributed by atoms with Crippen molar-refractivity contribution in [2.45, 2.75) is 30.7 Å². The smallest absolute Gasteiger partial charge is 0.362 e. The molecule has 0 saturated heterocycles. The second-order valence-electron chi connectivity index (χ2n) is 6.17. The number of sulfonamides is 1. The third kappa shape index (κ3) is 2.94. The van der Waals surface area contributed by atoms with E-state index in [0.717, 1.165) is 15.8 Å². The Hall–Kier alpha value is -2.86. The normalized spacial score (nSPS) is 17.3. The number of nitrogens with one attached hydrogen (secondary N) is 1. The Balaban J connectivity index is 1.62. The lowest BCUT2D eigenvalue weighted by molar-refractivity contribution is 0.0520. The molecule has 1 aliphatic heterocycles. The summed E-state index contributed by atoms with van der Waals surface area (Å²) in [5.41, 5.74) is -0.0600. The van der Waals surface area contributed by atoms with Crippen molar-refractivity contribution >= 4 is 44.3 Å². The Kier molecular flexibility index (Phi) is 4.38. The van der Waals surface area contributed by atoms with Gasteiger partial charge in [0.2, 0.25) is 5.69 Å². The zero-order valence-corrected chi connectivity index (χ0v) is 16.2. The van der Waals surface area contributed by atoms with Crippen LogP contribution in [0.1, 0.15) is 51.0 Å². The zero-order chi connectivity index (χ0) is 20.1. The molecule has 2 heterocycles. The van der Waals surface area contributed by atoms with Gasteiger partial charge in [-0.3, -0.25) is 9.59 Å². The molecule has 2 aromatic rings. The Morgan fingerprint density at radius 2 is 2.11 bits per heavy atom. The number of anilines is 1. The highest BCUT2D eigenvalue weighted by molar-refractivity contribution is 7.90. The highest BCUT2D eigenvalue weighted by Gasteiger charge is 2.48. The van der Waals surface area contributed by atoms with Crippen molar-refractivity contribution in [3.8, 4) is 0 Å². The molecule has 0 atom stereocenters. The van der Waals surface area contributed by atoms with Gasteiger partial charge in [0.1, 0.15) is 4.90 Å². The van der Waals surface area contributed by atoms with Gasteiger partial charge in [-0.1, -0.05) is 4.49 Å². The number of aromatic nitrogens is 2. The summed E-state index contributed by atoms with van der Waals surface area (Å²) in [5, 5.41) is 6.21. The number of nitrogens with zero attached hydrogens (tertiary/aromatic N) is 3. The molecule has 2 aliphatic rings. The molecule has 146 valence electrons. The Labute approximate surface area is 163 Å². The van der Waals surface area contributed by atoms with Gasteiger partial charge in [-0.15, -0.1) is 5.10 Å². The fourth-order valence-electron chi connectivity index (χ4n) is 2.84. The van der Waals surface area contributed by atoms with E-state index in [9.17, 15) is 22.8 Å². The summed E-state index contributed by atoms with van der Waals surface area (Å²) in [4.78, 5) is 36.6. The fourth-order valence-corrected chi connectivity index (χ4v) is 5.23. The monoisotopic (exact) mass is 422 g/mol. The lowest BCUT2D eigenvalue weighted by Crippen LogP contribution is -2.31. The molecule has 28 heavy (non-hydrogen) atoms. The van der Waals surface area contributed by atoms with Gasteiger partial charge in [0.05, 0.1) is 12.2 Å². The second-order valence-corrected chi connectivity index (χ2v) is 8.71. The highest BCUT2D eigenvalue weighted by Crippen LogP contribution is 2.39. The number of ether oxygens (including phenoxy) is 1. The van der Waals surface area contributed by atoms with Gasteiger partial charge in [0.25, 0.3) is 21.8 Å². The molecule has 0 unspecified atom stereocenters. The minimum absolute atomic E-state index is 0.0241. The molecule has 0 radical (unpaired) electrons. The molecular formula is C16H14N4O6S2. The lowest BCUT2D eigenvalue weighted by Gasteiger charge is -2.13. The van der Waals surface area contributed by atoms with Crippen LogP contribution in [0, 0.1) is 0 Å². The van der Waals surface area contributed by atoms with Crippen LogP contribution < -0.4 is 5.32 Å². The van der Waals surface area contributed by atoms with Crippen LogP contribution >= 0.6 is 11.5 Å². The summed E-state index contributed by atoms with van der Waals surface area (Å²) in [6, 6.07) is 3.54. The number of carbonyl (C=O) groups excluding carboxylic acids is 3. The Morgan fingerprint density at radius 3 is 2.79 bits per heavy atom. The molecule has 0 bridgehead atoms. The van der Waals surface area contributed by atoms with Crippen LogP contribution in [0.2, 0.25) is 0 Å². The van der Waals surface area contributed by atoms with Gasteiger partial charge >= 0.3 is 5.97 Å². The van der Waals surface area contributed by atoms with Gasteiger partial charge in [-0.25, -0.2) is 17.5 Å². The fraction of sp³-hybridized carbons (Fsp3) is 0.312. The molecule has 1 aliphatic carbocycles. The van der Waals surface area contributed by atoms with Gasteiger partial charge in [0.15, 0.2) is 5.00 Å². The minimum Gasteiger partial charge on any atom is -0.461 e. The quantitative estimate of drug-likeness (QED) is 0.712. The Morgan fingerprint density at radius 1 is 1.36 bits per heavy atom. The van der Waals surface area contributed by atoms with Crippen molar-refractivity contribution < 1.29 is 27.5 Å². The second kappa shape index (κ2) is 6.63. The number of esters is 1. The largest absolute Gasteiger partial charge is 0.461 e. The van der Waals surface area contributed by atoms with Crippen LogP contribution in [0.4, 0.5) is 5.00 Å². The molecule has 2 amide bonds. The van der Waals surface area contributed by atoms with Gasteiger partial charge in [0, 0.05) is 23.1 Å². The first kappa shape index (κ1) is 18.5. The number of hydrogen-bond donors (Lipinski definition) is 1. The van der Waals surface area contributed by atoms with Gasteiger partial charge < -0.3 is 10.1 Å². The van der Waals surface area contributed by atoms with Crippen molar-refractivity contribution in [1.82, 2.24) is 13.9 Å². The van der Waals surface area contributed by atoms with Gasteiger partial charge in [-0.2, -0.15) is 0 Å². The maximum atomic E-state index is 12.7. The van der Waals surface area contributed by atoms with Crippen LogP contribution in [0.3, 0.4) is 0 Å². The van der Waals surface area contributed by atoms with E-state index < -0.39 is 27.8 Å². The molecule has 1 N–H and O–H groups in total. The standard InChI is InChI=1S/C16H14N4O6S2/c1-2-26-16(23)12-14(27-19-18-12)17-13(21)8-3-6-10-11(7-8)28(24,25)20(15(10)22)9-4-5-9/h3,6-7,9H,2,4-5H2,1H3,(H,17,21). The molecular weight excluding hydrogens is 408 g/mol. The number of benzene rings is 1. The Bertz CT molecular complexity index is 1110. The minimum atomic E-state index is -3.97. The highest BCUT2D eigenvalue weighted by atomic mass is 32.2. The topological polar surface area (TPSA) is 136 Å². The molecule has 0 spiro atoms. The molecule has 10 nitrogen and oxygen atoms in total. The van der Waals surface area contributed by atoms with Crippen molar-refractivity contribution in [2.75, 3.05) is 11.9 Å². The van der Waals surface area contributed by atoms with Crippen molar-refractivity contribution in [3.63, 3.8) is 0 Å². The summed E-state index contributed by atoms with van der Waals surface area (Å²) < 4.78 is 34.7. The number of hydrogen-bond acceptors (Lipinski definition) is 9. The van der Waals surface area contributed by atoms with E-state index in [0.29, 0.717) is 12.8 Å². The summed E-state index contributed by atoms with van der Waals surface area (Å²) in [6.07, 6.45) is 1.28. The average Bonchev–Trinajstić information content (AvgIpc) is 3.33. The first-order chi connectivity index (χ1) is 13.3. The molecule has 1 aromatic heterocycles. The van der Waals surface area contributed by atoms with E-state index in [4.69, 9.17) is 4.74 Å². The van der Waals surface area contributed by atoms with E-state index >= 15 is 0 Å². The first-order valence-electron chi connectivity index (χ1n) is 8.38. The predicted molar refractivity (Wildman–Crippen MR) is 96.6 cm³/mol. The molecule has 4 rings (SSSR count). The zero-order valence-electron chi connectivity index (χ0n) is 14.5. The predicted octanol–water partition coefficient (Wildman–Crippen LogP) is 1.27. The molecule has 12 heteroatoms. The van der Waals surface area contributed by atoms with Crippen LogP contribution in [0.25, 0.3) is 0 Å². The van der Waals surface area contributed by atoms with Crippen LogP contribution in [-0.4, -0.2) is 52.7 Å². The van der Waals surface area contributed by atoms with E-state index in [2.05, 4.69) is 14.9 Å². The summed E-state index contributed by atoms with van der Waals surface area (Å²) in [6.45, 7) is 1.77. The molecule has 1 fully saturated rings. The average molecular weight is 422 g/mol. The number of amides is 2. The van der Waals surface area contributed by atoms with Crippen LogP contribution in [-0.2, 0) is 14.8 Å². The lowest BCUT2D eigenvalue weighted by atomic mass is 10.1. The third-order valence-electron chi connectivity index (χ3n) is 4.27. The van der Waals surface area contributed by atoms with Crippen LogP contribution in [0.5, 0.6) is 0 Å². The van der Waals surface area contributed by atoms with Crippen molar-refractivity contribution in [3.05, 3.63) is 35.0 Å². The first-order valence-corrected chi connectivity index (χ1v) is 10.6. The van der Waals surface area contributed by atoms with E-state index in [-0.39, 0.29) is 39.4 Å². The van der Waals surface area contributed by atoms with Crippen molar-refractivity contribution in [1.29, 1.82) is 0 Å². The summed E-state index contributed by atoms with van der Waals surface area (Å²) in [5.74, 6) is -1.96. The number of carbonyl (C=O) groups is 3. The van der Waals surface area contributed by atoms with E-state index in [1.165, 1.54) is 18.2 Å². The van der Waals surface area contributed by atoms with E-state index in [1.807, 2.05) is 0 Å². The summed E-state index contributed by atoms with van der Waals surface area (Å²) in [7, 11) is -3.97. The maximum absolute atomic E-state index is 12.7. The summed E-state index contributed by atoms with van der Waals surface area (Å²) >= 11 is 0.790. The number of fused-ring (bicyclic) bond motifs is 1.